The van der Waals surface area contributed by atoms with Crippen molar-refractivity contribution in [3.8, 4) is 12.4 Å². The molecule has 0 saturated carbocycles. The van der Waals surface area contributed by atoms with Crippen molar-refractivity contribution in [1.82, 2.24) is 44.9 Å². The number of rotatable bonds is 13. The first-order valence-electron chi connectivity index (χ1n) is 18.8. The second kappa shape index (κ2) is 28.4. The van der Waals surface area contributed by atoms with Crippen LogP contribution in [0.2, 0.25) is 19.2 Å². The fraction of sp³-hybridized carbons (Fsp3) is 0.378. The summed E-state index contributed by atoms with van der Waals surface area (Å²) in [6.07, 6.45) is 12.2. The van der Waals surface area contributed by atoms with Crippen molar-refractivity contribution in [1.29, 1.82) is 10.5 Å². The number of thioether (sulfide) groups is 1. The van der Waals surface area contributed by atoms with Gasteiger partial charge in [-0.1, -0.05) is 77.2 Å². The summed E-state index contributed by atoms with van der Waals surface area (Å²) in [6.45, 7) is 11.1. The fourth-order valence-electron chi connectivity index (χ4n) is 5.36. The first kappa shape index (κ1) is 52.9. The number of aliphatic imine (C=N–C) groups is 2. The predicted molar refractivity (Wildman–Crippen MR) is 253 cm³/mol. The van der Waals surface area contributed by atoms with Crippen LogP contribution in [0.5, 0.6) is 0 Å². The minimum absolute atomic E-state index is 0.333. The van der Waals surface area contributed by atoms with Crippen LogP contribution in [0.1, 0.15) is 48.1 Å². The van der Waals surface area contributed by atoms with Crippen LogP contribution in [-0.4, -0.2) is 105 Å². The van der Waals surface area contributed by atoms with E-state index in [4.69, 9.17) is 56.9 Å². The molecule has 0 aromatic carbocycles. The zero-order chi connectivity index (χ0) is 47.0. The van der Waals surface area contributed by atoms with Crippen LogP contribution in [0.25, 0.3) is 0 Å². The molecular formula is C37H42Cl4N16O4S3. The number of amidine groups is 2. The van der Waals surface area contributed by atoms with Gasteiger partial charge in [-0.15, -0.1) is 27.7 Å². The number of thiazole rings is 2. The standard InChI is InChI=1S/C10H9ClN4S.C10H14ClN3O2S.C9H11ClN4O2.C8H8ClN5S/c11-9-2-1-8(5-13-9)6-15-3-4-16-10(15)14-7-12;1-3-8(6-14(15)16)13(4-2)7-9-5-12-10(11)17-9;1-7(12-14(15)16)13(2)6-8-3-4-9(10)11-5-8;9-7-12-3-6(15-7)4-14-2-1-11-8(14)13-5-10/h1-2,5H,3-4,6H2;5-6H,3-4,7H2,1-2H3;3-5H,6H2,1-2H3;3H,1-2,4H2,(H,11,13). The Bertz CT molecular complexity index is 2330. The van der Waals surface area contributed by atoms with Gasteiger partial charge in [0.2, 0.25) is 12.2 Å². The molecule has 1 N–H and O–H groups in total. The van der Waals surface area contributed by atoms with Gasteiger partial charge < -0.3 is 19.6 Å². The van der Waals surface area contributed by atoms with Gasteiger partial charge >= 0.3 is 0 Å². The molecule has 1 saturated heterocycles. The van der Waals surface area contributed by atoms with Crippen molar-refractivity contribution in [3.63, 3.8) is 0 Å². The van der Waals surface area contributed by atoms with Gasteiger partial charge in [-0.3, -0.25) is 20.4 Å². The van der Waals surface area contributed by atoms with Gasteiger partial charge in [-0.2, -0.15) is 10.5 Å². The zero-order valence-corrected chi connectivity index (χ0v) is 40.3. The summed E-state index contributed by atoms with van der Waals surface area (Å²) in [4.78, 5) is 53.8. The highest BCUT2D eigenvalue weighted by molar-refractivity contribution is 8.14. The van der Waals surface area contributed by atoms with E-state index in [2.05, 4.69) is 45.2 Å². The van der Waals surface area contributed by atoms with E-state index in [1.807, 2.05) is 48.2 Å². The summed E-state index contributed by atoms with van der Waals surface area (Å²) in [5.41, 5.74) is 2.68. The highest BCUT2D eigenvalue weighted by atomic mass is 35.5. The van der Waals surface area contributed by atoms with Crippen LogP contribution in [0.3, 0.4) is 0 Å². The van der Waals surface area contributed by atoms with Crippen LogP contribution in [0, 0.1) is 43.1 Å². The summed E-state index contributed by atoms with van der Waals surface area (Å²) in [7, 11) is 1.72. The van der Waals surface area contributed by atoms with Gasteiger partial charge in [-0.25, -0.2) is 30.1 Å². The molecule has 6 heterocycles. The molecule has 27 heteroatoms. The number of hydrazone groups is 1. The number of allylic oxidation sites excluding steroid dienone is 1. The topological polar surface area (TPSA) is 247 Å². The Hall–Kier alpha value is -5.40. The maximum atomic E-state index is 10.5. The zero-order valence-electron chi connectivity index (χ0n) is 34.8. The lowest BCUT2D eigenvalue weighted by Crippen LogP contribution is -2.35. The number of nitrogens with zero attached hydrogens (tertiary/aromatic N) is 15. The van der Waals surface area contributed by atoms with E-state index in [9.17, 15) is 20.2 Å². The highest BCUT2D eigenvalue weighted by Crippen LogP contribution is 2.23. The van der Waals surface area contributed by atoms with Crippen molar-refractivity contribution >= 4 is 97.8 Å². The van der Waals surface area contributed by atoms with Crippen molar-refractivity contribution in [3.05, 3.63) is 121 Å². The average molecular weight is 1010 g/mol. The van der Waals surface area contributed by atoms with Crippen LogP contribution in [0.4, 0.5) is 0 Å². The SMILES string of the molecule is CC(=N[N+](=O)[O-])N(C)Cc1ccc(Cl)nc1.CCC(=C[N+](=O)[O-])N(CC)Cc1cnc(Cl)s1.N#CN=C1SCCN1Cc1ccc(Cl)nc1.N#CNC1=NCCN1Cc1cnc(Cl)s1. The summed E-state index contributed by atoms with van der Waals surface area (Å²) in [6, 6.07) is 7.18. The van der Waals surface area contributed by atoms with Gasteiger partial charge in [0.05, 0.1) is 35.4 Å². The number of nitro groups is 2. The molecule has 0 atom stereocenters. The fourth-order valence-corrected chi connectivity index (χ4v) is 8.51. The summed E-state index contributed by atoms with van der Waals surface area (Å²) < 4.78 is 1.03. The minimum Gasteiger partial charge on any atom is -0.365 e. The van der Waals surface area contributed by atoms with Crippen LogP contribution >= 0.6 is 80.8 Å². The first-order valence-corrected chi connectivity index (χ1v) is 23.0. The Balaban J connectivity index is 0.000000227. The molecule has 0 spiro atoms. The Morgan fingerprint density at radius 3 is 2.06 bits per heavy atom. The number of nitrogens with one attached hydrogen (secondary N) is 1. The van der Waals surface area contributed by atoms with E-state index < -0.39 is 9.96 Å². The molecule has 4 aromatic heterocycles. The van der Waals surface area contributed by atoms with Gasteiger partial charge in [0.15, 0.2) is 31.2 Å². The summed E-state index contributed by atoms with van der Waals surface area (Å²) in [5, 5.41) is 44.5. The Kier molecular flexibility index (Phi) is 23.5. The average Bonchev–Trinajstić information content (AvgIpc) is 4.09. The largest absolute Gasteiger partial charge is 0.365 e. The van der Waals surface area contributed by atoms with Crippen molar-refractivity contribution in [2.24, 2.45) is 15.1 Å². The van der Waals surface area contributed by atoms with Crippen LogP contribution < -0.4 is 5.32 Å². The number of nitriles is 2. The molecule has 0 amide bonds. The molecule has 1 fully saturated rings. The van der Waals surface area contributed by atoms with Crippen LogP contribution in [0.15, 0.2) is 76.0 Å². The van der Waals surface area contributed by atoms with Crippen molar-refractivity contribution in [2.75, 3.05) is 39.0 Å². The molecule has 2 aliphatic rings. The second-order valence-corrected chi connectivity index (χ2v) is 18.0. The van der Waals surface area contributed by atoms with E-state index in [0.29, 0.717) is 69.3 Å². The van der Waals surface area contributed by atoms with Gasteiger partial charge in [0.1, 0.15) is 10.3 Å². The maximum absolute atomic E-state index is 10.5. The Morgan fingerprint density at radius 2 is 1.55 bits per heavy atom. The van der Waals surface area contributed by atoms with Crippen molar-refractivity contribution < 1.29 is 9.96 Å². The van der Waals surface area contributed by atoms with E-state index in [-0.39, 0.29) is 0 Å². The number of hydrogen-bond donors (Lipinski definition) is 1. The van der Waals surface area contributed by atoms with Crippen molar-refractivity contribution in [2.45, 2.75) is 53.4 Å². The molecule has 0 aliphatic carbocycles. The number of aromatic nitrogens is 4. The summed E-state index contributed by atoms with van der Waals surface area (Å²) >= 11 is 27.3. The van der Waals surface area contributed by atoms with E-state index >= 15 is 0 Å². The number of hydrogen-bond acceptors (Lipinski definition) is 18. The third-order valence-corrected chi connectivity index (χ3v) is 12.0. The van der Waals surface area contributed by atoms with Gasteiger partial charge in [0.25, 0.3) is 6.20 Å². The van der Waals surface area contributed by atoms with Crippen LogP contribution in [-0.2, 0) is 26.2 Å². The summed E-state index contributed by atoms with van der Waals surface area (Å²) in [5.74, 6) is 1.93. The number of pyridine rings is 2. The molecule has 340 valence electrons. The smallest absolute Gasteiger partial charge is 0.253 e. The molecule has 0 bridgehead atoms. The lowest BCUT2D eigenvalue weighted by Gasteiger charge is -2.22. The lowest BCUT2D eigenvalue weighted by atomic mass is 10.3. The molecule has 4 aromatic rings. The maximum Gasteiger partial charge on any atom is 0.253 e. The van der Waals surface area contributed by atoms with E-state index in [1.54, 1.807) is 67.6 Å². The normalized spacial score (nSPS) is 13.8. The molecule has 0 unspecified atom stereocenters. The number of halogens is 4. The van der Waals surface area contributed by atoms with E-state index in [0.717, 1.165) is 64.2 Å². The Morgan fingerprint density at radius 1 is 0.906 bits per heavy atom. The molecule has 0 radical (unpaired) electrons. The molecule has 20 nitrogen and oxygen atoms in total. The molecule has 64 heavy (non-hydrogen) atoms. The monoisotopic (exact) mass is 1010 g/mol. The van der Waals surface area contributed by atoms with Gasteiger partial charge in [-0.05, 0) is 36.6 Å². The molecule has 2 aliphatic heterocycles. The quantitative estimate of drug-likeness (QED) is 0.0253. The van der Waals surface area contributed by atoms with Gasteiger partial charge in [0, 0.05) is 87.0 Å². The van der Waals surface area contributed by atoms with E-state index in [1.165, 1.54) is 22.7 Å². The molecular weight excluding hydrogens is 971 g/mol. The minimum atomic E-state index is -0.716. The third kappa shape index (κ3) is 19.6. The first-order chi connectivity index (χ1) is 30.6. The Labute approximate surface area is 401 Å². The molecule has 6 rings (SSSR count). The third-order valence-electron chi connectivity index (χ3n) is 8.41. The lowest BCUT2D eigenvalue weighted by molar-refractivity contribution is -0.485. The number of guanidine groups is 1. The predicted octanol–water partition coefficient (Wildman–Crippen LogP) is 8.08. The second-order valence-electron chi connectivity index (χ2n) is 12.8. The highest BCUT2D eigenvalue weighted by Gasteiger charge is 2.20.